The van der Waals surface area contributed by atoms with E-state index in [-0.39, 0.29) is 11.9 Å². The molecule has 1 aliphatic heterocycles. The van der Waals surface area contributed by atoms with Crippen molar-refractivity contribution in [1.29, 1.82) is 0 Å². The summed E-state index contributed by atoms with van der Waals surface area (Å²) in [5.74, 6) is -2.13. The van der Waals surface area contributed by atoms with Gasteiger partial charge < -0.3 is 19.5 Å². The van der Waals surface area contributed by atoms with Crippen LogP contribution >= 0.6 is 0 Å². The van der Waals surface area contributed by atoms with E-state index in [4.69, 9.17) is 4.74 Å². The van der Waals surface area contributed by atoms with Gasteiger partial charge in [-0.1, -0.05) is 18.2 Å². The lowest BCUT2D eigenvalue weighted by molar-refractivity contribution is -0.153. The molecule has 0 aliphatic carbocycles. The number of nitrogens with zero attached hydrogens (tertiary/aromatic N) is 2. The fourth-order valence-corrected chi connectivity index (χ4v) is 3.22. The van der Waals surface area contributed by atoms with Crippen LogP contribution in [0.3, 0.4) is 0 Å². The van der Waals surface area contributed by atoms with Gasteiger partial charge in [0, 0.05) is 32.0 Å². The van der Waals surface area contributed by atoms with Crippen LogP contribution in [-0.2, 0) is 21.4 Å². The van der Waals surface area contributed by atoms with Gasteiger partial charge in [0.05, 0.1) is 5.92 Å². The Balaban J connectivity index is 1.38. The number of aromatic nitrogens is 1. The van der Waals surface area contributed by atoms with Crippen LogP contribution in [0.15, 0.2) is 48.7 Å². The molecule has 2 N–H and O–H groups in total. The number of urea groups is 1. The largest absolute Gasteiger partial charge is 0.455 e. The smallest absolute Gasteiger partial charge is 0.321 e. The van der Waals surface area contributed by atoms with Crippen molar-refractivity contribution in [1.82, 2.24) is 14.8 Å². The normalized spacial score (nSPS) is 14.1. The Hall–Kier alpha value is -3.62. The highest BCUT2D eigenvalue weighted by Crippen LogP contribution is 2.19. The number of anilines is 1. The number of para-hydroxylation sites is 1. The highest BCUT2D eigenvalue weighted by Gasteiger charge is 2.29. The first kappa shape index (κ1) is 21.1. The van der Waals surface area contributed by atoms with Gasteiger partial charge >= 0.3 is 12.0 Å². The van der Waals surface area contributed by atoms with Crippen molar-refractivity contribution in [3.05, 3.63) is 54.4 Å². The van der Waals surface area contributed by atoms with Crippen LogP contribution in [0.4, 0.5) is 10.5 Å². The van der Waals surface area contributed by atoms with Crippen LogP contribution in [0.1, 0.15) is 23.3 Å². The lowest BCUT2D eigenvalue weighted by atomic mass is 9.97. The molecule has 0 radical (unpaired) electrons. The number of ether oxygens (including phenoxy) is 1. The van der Waals surface area contributed by atoms with Crippen molar-refractivity contribution in [2.75, 3.05) is 25.0 Å². The molecular formula is C21H24N4O5. The molecule has 0 unspecified atom stereocenters. The van der Waals surface area contributed by atoms with Gasteiger partial charge in [0.2, 0.25) is 0 Å². The molecule has 2 aromatic rings. The molecule has 9 heteroatoms. The van der Waals surface area contributed by atoms with Gasteiger partial charge in [-0.25, -0.2) is 4.79 Å². The van der Waals surface area contributed by atoms with E-state index in [0.29, 0.717) is 37.3 Å². The topological polar surface area (TPSA) is 110 Å². The molecule has 0 atom stereocenters. The summed E-state index contributed by atoms with van der Waals surface area (Å²) in [4.78, 5) is 50.0. The molecule has 4 amide bonds. The third-order valence-electron chi connectivity index (χ3n) is 4.92. The zero-order valence-electron chi connectivity index (χ0n) is 16.7. The summed E-state index contributed by atoms with van der Waals surface area (Å²) >= 11 is 0. The summed E-state index contributed by atoms with van der Waals surface area (Å²) in [5.41, 5.74) is 1.04. The quantitative estimate of drug-likeness (QED) is 0.728. The van der Waals surface area contributed by atoms with Gasteiger partial charge in [-0.15, -0.1) is 0 Å². The Morgan fingerprint density at radius 3 is 2.37 bits per heavy atom. The van der Waals surface area contributed by atoms with Gasteiger partial charge in [0.25, 0.3) is 11.8 Å². The minimum absolute atomic E-state index is 0.216. The zero-order valence-corrected chi connectivity index (χ0v) is 16.7. The molecule has 30 heavy (non-hydrogen) atoms. The van der Waals surface area contributed by atoms with E-state index >= 15 is 0 Å². The third-order valence-corrected chi connectivity index (χ3v) is 4.92. The number of piperidine rings is 1. The maximum Gasteiger partial charge on any atom is 0.321 e. The van der Waals surface area contributed by atoms with Crippen LogP contribution in [0.2, 0.25) is 0 Å². The SMILES string of the molecule is Cn1cccc1C(=O)NC(=O)COC(=O)C1CCN(C(=O)Nc2ccccc2)CC1. The number of likely N-dealkylation sites (tertiary alicyclic amines) is 1. The monoisotopic (exact) mass is 412 g/mol. The minimum Gasteiger partial charge on any atom is -0.455 e. The second kappa shape index (κ2) is 9.73. The molecule has 0 bridgehead atoms. The number of carbonyl (C=O) groups is 4. The highest BCUT2D eigenvalue weighted by atomic mass is 16.5. The summed E-state index contributed by atoms with van der Waals surface area (Å²) in [6.07, 6.45) is 2.59. The second-order valence-electron chi connectivity index (χ2n) is 7.05. The summed E-state index contributed by atoms with van der Waals surface area (Å²) in [7, 11) is 1.69. The summed E-state index contributed by atoms with van der Waals surface area (Å²) < 4.78 is 6.63. The van der Waals surface area contributed by atoms with Crippen LogP contribution < -0.4 is 10.6 Å². The number of nitrogens with one attached hydrogen (secondary N) is 2. The first-order chi connectivity index (χ1) is 14.4. The number of carbonyl (C=O) groups excluding carboxylic acids is 4. The Bertz CT molecular complexity index is 916. The van der Waals surface area contributed by atoms with E-state index in [1.807, 2.05) is 18.2 Å². The number of rotatable bonds is 5. The van der Waals surface area contributed by atoms with E-state index in [1.54, 1.807) is 47.0 Å². The van der Waals surface area contributed by atoms with E-state index in [2.05, 4.69) is 10.6 Å². The van der Waals surface area contributed by atoms with Gasteiger partial charge in [-0.2, -0.15) is 0 Å². The van der Waals surface area contributed by atoms with Gasteiger partial charge in [-0.3, -0.25) is 19.7 Å². The van der Waals surface area contributed by atoms with Gasteiger partial charge in [-0.05, 0) is 37.1 Å². The van der Waals surface area contributed by atoms with Crippen molar-refractivity contribution in [2.24, 2.45) is 13.0 Å². The van der Waals surface area contributed by atoms with E-state index < -0.39 is 24.4 Å². The molecule has 3 rings (SSSR count). The van der Waals surface area contributed by atoms with Crippen LogP contribution in [0.5, 0.6) is 0 Å². The Labute approximate surface area is 174 Å². The van der Waals surface area contributed by atoms with E-state index in [9.17, 15) is 19.2 Å². The third kappa shape index (κ3) is 5.47. The van der Waals surface area contributed by atoms with Gasteiger partial charge in [0.15, 0.2) is 6.61 Å². The fourth-order valence-electron chi connectivity index (χ4n) is 3.22. The van der Waals surface area contributed by atoms with Crippen LogP contribution in [0, 0.1) is 5.92 Å². The summed E-state index contributed by atoms with van der Waals surface area (Å²) in [5, 5.41) is 5.00. The van der Waals surface area contributed by atoms with E-state index in [1.165, 1.54) is 0 Å². The molecular weight excluding hydrogens is 388 g/mol. The maximum atomic E-state index is 12.3. The number of amides is 4. The first-order valence-corrected chi connectivity index (χ1v) is 9.67. The van der Waals surface area contributed by atoms with Crippen molar-refractivity contribution in [3.8, 4) is 0 Å². The standard InChI is InChI=1S/C21H24N4O5/c1-24-11-5-8-17(24)19(27)23-18(26)14-30-20(28)15-9-12-25(13-10-15)21(29)22-16-6-3-2-4-7-16/h2-8,11,15H,9-10,12-14H2,1H3,(H,22,29)(H,23,26,27). The molecule has 1 saturated heterocycles. The summed E-state index contributed by atoms with van der Waals surface area (Å²) in [6.45, 7) is 0.302. The summed E-state index contributed by atoms with van der Waals surface area (Å²) in [6, 6.07) is 12.2. The first-order valence-electron chi connectivity index (χ1n) is 9.67. The number of hydrogen-bond acceptors (Lipinski definition) is 5. The molecule has 9 nitrogen and oxygen atoms in total. The van der Waals surface area contributed by atoms with Crippen molar-refractivity contribution in [3.63, 3.8) is 0 Å². The number of hydrogen-bond donors (Lipinski definition) is 2. The second-order valence-corrected chi connectivity index (χ2v) is 7.05. The number of esters is 1. The van der Waals surface area contributed by atoms with Crippen molar-refractivity contribution in [2.45, 2.75) is 12.8 Å². The molecule has 2 heterocycles. The molecule has 1 aromatic carbocycles. The molecule has 0 saturated carbocycles. The number of aryl methyl sites for hydroxylation is 1. The van der Waals surface area contributed by atoms with E-state index in [0.717, 1.165) is 0 Å². The molecule has 1 aliphatic rings. The number of imide groups is 1. The predicted molar refractivity (Wildman–Crippen MR) is 109 cm³/mol. The highest BCUT2D eigenvalue weighted by molar-refractivity contribution is 6.04. The lowest BCUT2D eigenvalue weighted by Gasteiger charge is -2.30. The predicted octanol–water partition coefficient (Wildman–Crippen LogP) is 1.77. The average molecular weight is 412 g/mol. The molecule has 158 valence electrons. The lowest BCUT2D eigenvalue weighted by Crippen LogP contribution is -2.43. The van der Waals surface area contributed by atoms with Gasteiger partial charge in [0.1, 0.15) is 5.69 Å². The Morgan fingerprint density at radius 2 is 1.73 bits per heavy atom. The molecule has 1 fully saturated rings. The number of benzene rings is 1. The zero-order chi connectivity index (χ0) is 21.5. The Kier molecular flexibility index (Phi) is 6.84. The molecule has 1 aromatic heterocycles. The maximum absolute atomic E-state index is 12.3. The molecule has 0 spiro atoms. The Morgan fingerprint density at radius 1 is 1.03 bits per heavy atom. The van der Waals surface area contributed by atoms with Crippen molar-refractivity contribution < 1.29 is 23.9 Å². The fraction of sp³-hybridized carbons (Fsp3) is 0.333. The van der Waals surface area contributed by atoms with Crippen LogP contribution in [0.25, 0.3) is 0 Å². The van der Waals surface area contributed by atoms with Crippen molar-refractivity contribution >= 4 is 29.5 Å². The minimum atomic E-state index is -0.686. The van der Waals surface area contributed by atoms with Crippen LogP contribution in [-0.4, -0.2) is 53.0 Å². The average Bonchev–Trinajstić information content (AvgIpc) is 3.19.